The minimum atomic E-state index is -0.456. The second-order valence-corrected chi connectivity index (χ2v) is 6.06. The van der Waals surface area contributed by atoms with Gasteiger partial charge < -0.3 is 15.2 Å². The van der Waals surface area contributed by atoms with E-state index in [0.29, 0.717) is 29.8 Å². The van der Waals surface area contributed by atoms with Gasteiger partial charge in [0.25, 0.3) is 0 Å². The molecule has 1 aliphatic carbocycles. The van der Waals surface area contributed by atoms with Crippen molar-refractivity contribution in [2.24, 2.45) is 0 Å². The Morgan fingerprint density at radius 3 is 3.05 bits per heavy atom. The Balaban J connectivity index is 1.67. The molecule has 4 rings (SSSR count). The van der Waals surface area contributed by atoms with Gasteiger partial charge >= 0.3 is 5.95 Å². The molecule has 22 heavy (non-hydrogen) atoms. The van der Waals surface area contributed by atoms with E-state index in [1.54, 1.807) is 10.8 Å². The van der Waals surface area contributed by atoms with Gasteiger partial charge in [-0.05, 0) is 10.5 Å². The van der Waals surface area contributed by atoms with Gasteiger partial charge in [-0.2, -0.15) is 4.57 Å². The number of aliphatic hydroxyl groups is 1. The van der Waals surface area contributed by atoms with Crippen molar-refractivity contribution in [2.75, 3.05) is 13.2 Å². The zero-order valence-corrected chi connectivity index (χ0v) is 12.0. The number of hydrogen-bond acceptors (Lipinski definition) is 4. The van der Waals surface area contributed by atoms with Crippen molar-refractivity contribution < 1.29 is 14.5 Å². The van der Waals surface area contributed by atoms with Crippen LogP contribution in [0.3, 0.4) is 0 Å². The molecule has 2 aliphatic rings. The molecule has 114 valence electrons. The molecule has 3 unspecified atom stereocenters. The molecule has 1 N–H and O–H groups in total. The Labute approximate surface area is 127 Å². The number of hydrogen-bond donors (Lipinski definition) is 1. The fourth-order valence-corrected chi connectivity index (χ4v) is 4.14. The van der Waals surface area contributed by atoms with Crippen molar-refractivity contribution in [2.45, 2.75) is 25.2 Å². The maximum absolute atomic E-state index is 11.1. The van der Waals surface area contributed by atoms with Crippen molar-refractivity contribution in [3.05, 3.63) is 57.9 Å². The van der Waals surface area contributed by atoms with E-state index in [2.05, 4.69) is 17.1 Å². The predicted molar refractivity (Wildman–Crippen MR) is 77.8 cm³/mol. The summed E-state index contributed by atoms with van der Waals surface area (Å²) < 4.78 is 2.28. The van der Waals surface area contributed by atoms with Crippen LogP contribution in [0, 0.1) is 10.1 Å². The normalized spacial score (nSPS) is 28.2. The number of aromatic nitrogens is 2. The quantitative estimate of drug-likeness (QED) is 0.390. The molecular formula is C15H17N4O3+. The van der Waals surface area contributed by atoms with Gasteiger partial charge in [0, 0.05) is 12.0 Å². The minimum Gasteiger partial charge on any atom is -0.391 e. The average Bonchev–Trinajstić information content (AvgIpc) is 2.87. The molecule has 1 fully saturated rings. The van der Waals surface area contributed by atoms with Gasteiger partial charge in [0.2, 0.25) is 6.67 Å². The van der Waals surface area contributed by atoms with E-state index < -0.39 is 4.92 Å². The number of nitrogens with zero attached hydrogens (tertiary/aromatic N) is 4. The number of quaternary nitrogens is 1. The van der Waals surface area contributed by atoms with Crippen molar-refractivity contribution in [3.63, 3.8) is 0 Å². The predicted octanol–water partition coefficient (Wildman–Crippen LogP) is 1.24. The third kappa shape index (κ3) is 1.72. The van der Waals surface area contributed by atoms with Gasteiger partial charge in [-0.15, -0.1) is 0 Å². The van der Waals surface area contributed by atoms with Crippen LogP contribution in [0.4, 0.5) is 5.95 Å². The van der Waals surface area contributed by atoms with E-state index in [1.807, 2.05) is 12.1 Å². The summed E-state index contributed by atoms with van der Waals surface area (Å²) in [7, 11) is 0. The number of nitro groups is 1. The fraction of sp³-hybridized carbons (Fsp3) is 0.400. The second-order valence-electron chi connectivity index (χ2n) is 6.06. The Kier molecular flexibility index (Phi) is 2.82. The zero-order valence-electron chi connectivity index (χ0n) is 12.0. The Bertz CT molecular complexity index is 744. The molecule has 1 aromatic heterocycles. The van der Waals surface area contributed by atoms with Crippen LogP contribution in [0.5, 0.6) is 0 Å². The molecule has 7 nitrogen and oxygen atoms in total. The Hall–Kier alpha value is -2.25. The van der Waals surface area contributed by atoms with Crippen LogP contribution in [0.25, 0.3) is 0 Å². The molecule has 0 bridgehead atoms. The maximum Gasteiger partial charge on any atom is 0.439 e. The Morgan fingerprint density at radius 2 is 2.27 bits per heavy atom. The first-order chi connectivity index (χ1) is 10.7. The lowest BCUT2D eigenvalue weighted by Gasteiger charge is -2.23. The summed E-state index contributed by atoms with van der Waals surface area (Å²) >= 11 is 0. The summed E-state index contributed by atoms with van der Waals surface area (Å²) in [6.45, 7) is 1.18. The zero-order chi connectivity index (χ0) is 15.3. The van der Waals surface area contributed by atoms with Crippen LogP contribution < -0.4 is 0 Å². The molecule has 3 atom stereocenters. The van der Waals surface area contributed by atoms with Gasteiger partial charge in [-0.3, -0.25) is 4.48 Å². The molecular weight excluding hydrogens is 284 g/mol. The van der Waals surface area contributed by atoms with Gasteiger partial charge in [0.1, 0.15) is 18.9 Å². The van der Waals surface area contributed by atoms with Crippen molar-refractivity contribution in [3.8, 4) is 0 Å². The first kappa shape index (κ1) is 13.4. The van der Waals surface area contributed by atoms with Crippen LogP contribution in [-0.2, 0) is 13.1 Å². The summed E-state index contributed by atoms with van der Waals surface area (Å²) in [5.74, 6) is -0.131. The summed E-state index contributed by atoms with van der Waals surface area (Å²) in [5.41, 5.74) is 2.69. The summed E-state index contributed by atoms with van der Waals surface area (Å²) in [6, 6.07) is 9.11. The highest BCUT2D eigenvalue weighted by Gasteiger charge is 2.70. The maximum atomic E-state index is 11.1. The third-order valence-corrected chi connectivity index (χ3v) is 5.08. The number of imidazole rings is 1. The first-order valence-electron chi connectivity index (χ1n) is 7.38. The lowest BCUT2D eigenvalue weighted by Crippen LogP contribution is -2.36. The smallest absolute Gasteiger partial charge is 0.391 e. The van der Waals surface area contributed by atoms with Crippen LogP contribution in [0.15, 0.2) is 36.7 Å². The van der Waals surface area contributed by atoms with Gasteiger partial charge in [0.15, 0.2) is 12.1 Å². The van der Waals surface area contributed by atoms with Crippen molar-refractivity contribution >= 4 is 5.95 Å². The molecule has 0 radical (unpaired) electrons. The second kappa shape index (κ2) is 4.62. The van der Waals surface area contributed by atoms with E-state index in [0.717, 1.165) is 6.42 Å². The molecule has 0 spiro atoms. The van der Waals surface area contributed by atoms with Crippen molar-refractivity contribution in [1.29, 1.82) is 0 Å². The number of aliphatic hydroxyl groups excluding tert-OH is 1. The largest absolute Gasteiger partial charge is 0.439 e. The first-order valence-corrected chi connectivity index (χ1v) is 7.38. The van der Waals surface area contributed by atoms with E-state index in [1.165, 1.54) is 17.3 Å². The molecule has 7 heteroatoms. The lowest BCUT2D eigenvalue weighted by molar-refractivity contribution is -0.855. The molecule has 1 saturated heterocycles. The molecule has 0 saturated carbocycles. The molecule has 1 aliphatic heterocycles. The van der Waals surface area contributed by atoms with E-state index in [-0.39, 0.29) is 12.6 Å². The summed E-state index contributed by atoms with van der Waals surface area (Å²) in [4.78, 5) is 14.4. The topological polar surface area (TPSA) is 81.2 Å². The molecule has 0 amide bonds. The summed E-state index contributed by atoms with van der Waals surface area (Å²) in [5, 5.41) is 20.5. The van der Waals surface area contributed by atoms with Gasteiger partial charge in [0.05, 0.1) is 6.61 Å². The third-order valence-electron chi connectivity index (χ3n) is 5.08. The number of fused-ring (bicyclic) bond motifs is 3. The number of rotatable bonds is 5. The standard InChI is InChI=1S/C15H17N4O3/c20-8-7-19(10-17-6-5-16-15(17)18(21)22)13-9-11-3-1-2-4-12(11)14(13)19/h1-6,13-14,20H,7-10H2/q+1. The Morgan fingerprint density at radius 1 is 1.45 bits per heavy atom. The van der Waals surface area contributed by atoms with Gasteiger partial charge in [-0.1, -0.05) is 29.2 Å². The van der Waals surface area contributed by atoms with Crippen LogP contribution >= 0.6 is 0 Å². The van der Waals surface area contributed by atoms with E-state index >= 15 is 0 Å². The summed E-state index contributed by atoms with van der Waals surface area (Å²) in [6.07, 6.45) is 4.08. The average molecular weight is 301 g/mol. The number of benzene rings is 1. The lowest BCUT2D eigenvalue weighted by atomic mass is 10.1. The fourth-order valence-electron chi connectivity index (χ4n) is 4.14. The minimum absolute atomic E-state index is 0.0810. The van der Waals surface area contributed by atoms with E-state index in [9.17, 15) is 15.2 Å². The molecule has 2 heterocycles. The van der Waals surface area contributed by atoms with E-state index in [4.69, 9.17) is 0 Å². The van der Waals surface area contributed by atoms with Crippen LogP contribution in [0.2, 0.25) is 0 Å². The van der Waals surface area contributed by atoms with Crippen molar-refractivity contribution in [1.82, 2.24) is 9.55 Å². The molecule has 1 aromatic carbocycles. The van der Waals surface area contributed by atoms with Crippen LogP contribution in [-0.4, -0.2) is 43.3 Å². The molecule has 2 aromatic rings. The highest BCUT2D eigenvalue weighted by molar-refractivity contribution is 5.39. The monoisotopic (exact) mass is 301 g/mol. The highest BCUT2D eigenvalue weighted by Crippen LogP contribution is 2.59. The SMILES string of the molecule is O=[N+]([O-])c1nccn1C[N+]1(CCO)C2Cc3ccccc3C21. The van der Waals surface area contributed by atoms with Crippen LogP contribution in [0.1, 0.15) is 17.2 Å². The highest BCUT2D eigenvalue weighted by atomic mass is 16.6. The van der Waals surface area contributed by atoms with Gasteiger partial charge in [-0.25, -0.2) is 0 Å².